The van der Waals surface area contributed by atoms with E-state index in [-0.39, 0.29) is 0 Å². The minimum absolute atomic E-state index is 0.341. The summed E-state index contributed by atoms with van der Waals surface area (Å²) in [6.07, 6.45) is 0.595. The molecule has 0 fully saturated rings. The summed E-state index contributed by atoms with van der Waals surface area (Å²) >= 11 is 9.07. The molecule has 70 valence electrons. The summed E-state index contributed by atoms with van der Waals surface area (Å²) in [5.74, 6) is 0. The molecule has 5 heteroatoms. The standard InChI is InChI=1S/C9H7N3S2/c1-2-5-6(3-10)8(13)12-9(14)7(5)4-11/h2H2,1H3,(H2,12,13,14). The first-order valence-electron chi connectivity index (χ1n) is 3.94. The van der Waals surface area contributed by atoms with Gasteiger partial charge in [-0.05, 0) is 12.0 Å². The summed E-state index contributed by atoms with van der Waals surface area (Å²) in [6.45, 7) is 1.87. The van der Waals surface area contributed by atoms with Crippen LogP contribution in [0.4, 0.5) is 0 Å². The highest BCUT2D eigenvalue weighted by atomic mass is 32.1. The topological polar surface area (TPSA) is 63.4 Å². The van der Waals surface area contributed by atoms with Crippen molar-refractivity contribution in [3.8, 4) is 12.1 Å². The second kappa shape index (κ2) is 4.28. The lowest BCUT2D eigenvalue weighted by Crippen LogP contribution is -1.98. The second-order valence-electron chi connectivity index (χ2n) is 2.61. The van der Waals surface area contributed by atoms with E-state index in [1.54, 1.807) is 0 Å². The molecule has 0 aliphatic rings. The Morgan fingerprint density at radius 2 is 1.93 bits per heavy atom. The number of aromatic nitrogens is 1. The molecule has 3 nitrogen and oxygen atoms in total. The van der Waals surface area contributed by atoms with Gasteiger partial charge in [0.15, 0.2) is 0 Å². The molecular formula is C9H7N3S2. The Morgan fingerprint density at radius 3 is 2.36 bits per heavy atom. The number of hydrogen-bond donors (Lipinski definition) is 2. The van der Waals surface area contributed by atoms with E-state index in [1.807, 2.05) is 19.1 Å². The van der Waals surface area contributed by atoms with Crippen LogP contribution in [-0.2, 0) is 6.42 Å². The van der Waals surface area contributed by atoms with Gasteiger partial charge in [-0.25, -0.2) is 0 Å². The van der Waals surface area contributed by atoms with Gasteiger partial charge in [0.2, 0.25) is 0 Å². The van der Waals surface area contributed by atoms with Gasteiger partial charge in [-0.2, -0.15) is 10.5 Å². The molecule has 0 aromatic carbocycles. The molecule has 0 bridgehead atoms. The van der Waals surface area contributed by atoms with Crippen molar-refractivity contribution in [2.75, 3.05) is 0 Å². The van der Waals surface area contributed by atoms with Crippen molar-refractivity contribution >= 4 is 24.8 Å². The van der Waals surface area contributed by atoms with Crippen LogP contribution in [0.1, 0.15) is 23.6 Å². The fourth-order valence-corrected chi connectivity index (χ4v) is 1.87. The van der Waals surface area contributed by atoms with Crippen molar-refractivity contribution in [2.45, 2.75) is 18.4 Å². The van der Waals surface area contributed by atoms with E-state index >= 15 is 0 Å². The molecular weight excluding hydrogens is 214 g/mol. The van der Waals surface area contributed by atoms with Crippen LogP contribution in [0.3, 0.4) is 0 Å². The van der Waals surface area contributed by atoms with Crippen molar-refractivity contribution in [3.63, 3.8) is 0 Å². The number of nitrogens with one attached hydrogen (secondary N) is 1. The number of rotatable bonds is 1. The largest absolute Gasteiger partial charge is 0.339 e. The van der Waals surface area contributed by atoms with Crippen LogP contribution in [0.2, 0.25) is 0 Å². The minimum Gasteiger partial charge on any atom is -0.339 e. The summed E-state index contributed by atoms with van der Waals surface area (Å²) in [6, 6.07) is 4.01. The molecule has 1 N–H and O–H groups in total. The Bertz CT molecular complexity index is 503. The third kappa shape index (κ3) is 1.65. The molecule has 0 atom stereocenters. The fraction of sp³-hybridized carbons (Fsp3) is 0.222. The van der Waals surface area contributed by atoms with Gasteiger partial charge in [0, 0.05) is 0 Å². The molecule has 0 amide bonds. The Hall–Kier alpha value is -1.30. The van der Waals surface area contributed by atoms with Gasteiger partial charge in [-0.1, -0.05) is 19.1 Å². The summed E-state index contributed by atoms with van der Waals surface area (Å²) < 4.78 is 0.341. The molecule has 1 aromatic rings. The lowest BCUT2D eigenvalue weighted by molar-refractivity contribution is 1.01. The number of H-pyrrole nitrogens is 1. The summed E-state index contributed by atoms with van der Waals surface area (Å²) in [5.41, 5.74) is 1.45. The van der Waals surface area contributed by atoms with Gasteiger partial charge in [-0.15, -0.1) is 12.6 Å². The normalized spacial score (nSPS) is 9.14. The third-order valence-electron chi connectivity index (χ3n) is 1.88. The predicted octanol–water partition coefficient (Wildman–Crippen LogP) is 2.34. The Balaban J connectivity index is 3.73. The zero-order valence-corrected chi connectivity index (χ0v) is 9.17. The number of nitriles is 2. The van der Waals surface area contributed by atoms with Crippen LogP contribution >= 0.6 is 24.8 Å². The first-order chi connectivity index (χ1) is 6.65. The van der Waals surface area contributed by atoms with E-state index in [0.29, 0.717) is 32.8 Å². The Morgan fingerprint density at radius 1 is 1.36 bits per heavy atom. The zero-order chi connectivity index (χ0) is 10.7. The van der Waals surface area contributed by atoms with E-state index in [1.165, 1.54) is 0 Å². The highest BCUT2D eigenvalue weighted by Crippen LogP contribution is 2.20. The zero-order valence-electron chi connectivity index (χ0n) is 7.46. The first kappa shape index (κ1) is 10.8. The third-order valence-corrected chi connectivity index (χ3v) is 2.52. The van der Waals surface area contributed by atoms with Gasteiger partial charge in [0.1, 0.15) is 16.8 Å². The predicted molar refractivity (Wildman–Crippen MR) is 57.7 cm³/mol. The number of aromatic amines is 1. The molecule has 0 unspecified atom stereocenters. The van der Waals surface area contributed by atoms with Gasteiger partial charge >= 0.3 is 0 Å². The maximum absolute atomic E-state index is 8.88. The van der Waals surface area contributed by atoms with Gasteiger partial charge < -0.3 is 4.98 Å². The maximum atomic E-state index is 8.88. The van der Waals surface area contributed by atoms with E-state index in [4.69, 9.17) is 22.7 Å². The van der Waals surface area contributed by atoms with Crippen LogP contribution in [0, 0.1) is 27.3 Å². The van der Waals surface area contributed by atoms with Crippen molar-refractivity contribution in [1.29, 1.82) is 10.5 Å². The average Bonchev–Trinajstić information content (AvgIpc) is 2.16. The number of pyridine rings is 1. The number of nitrogens with zero attached hydrogens (tertiary/aromatic N) is 2. The Labute approximate surface area is 92.4 Å². The monoisotopic (exact) mass is 221 g/mol. The molecule has 0 saturated carbocycles. The van der Waals surface area contributed by atoms with E-state index in [9.17, 15) is 0 Å². The SMILES string of the molecule is CCc1c(C#N)c(S)[nH]c(=S)c1C#N. The molecule has 1 aromatic heterocycles. The van der Waals surface area contributed by atoms with Gasteiger partial charge in [0.25, 0.3) is 0 Å². The Kier molecular flexibility index (Phi) is 3.29. The van der Waals surface area contributed by atoms with Crippen molar-refractivity contribution in [3.05, 3.63) is 21.3 Å². The van der Waals surface area contributed by atoms with Crippen LogP contribution in [0.15, 0.2) is 5.03 Å². The maximum Gasteiger partial charge on any atom is 0.122 e. The van der Waals surface area contributed by atoms with Crippen molar-refractivity contribution in [1.82, 2.24) is 4.98 Å². The number of thiol groups is 1. The van der Waals surface area contributed by atoms with Crippen LogP contribution in [0.25, 0.3) is 0 Å². The van der Waals surface area contributed by atoms with Crippen molar-refractivity contribution in [2.24, 2.45) is 0 Å². The van der Waals surface area contributed by atoms with Crippen LogP contribution in [-0.4, -0.2) is 4.98 Å². The molecule has 0 spiro atoms. The smallest absolute Gasteiger partial charge is 0.122 e. The molecule has 0 aliphatic carbocycles. The minimum atomic E-state index is 0.341. The summed E-state index contributed by atoms with van der Waals surface area (Å²) in [7, 11) is 0. The van der Waals surface area contributed by atoms with Gasteiger partial charge in [0.05, 0.1) is 16.2 Å². The molecule has 14 heavy (non-hydrogen) atoms. The fourth-order valence-electron chi connectivity index (χ4n) is 1.23. The molecule has 0 saturated heterocycles. The van der Waals surface area contributed by atoms with Crippen LogP contribution < -0.4 is 0 Å². The molecule has 1 rings (SSSR count). The highest BCUT2D eigenvalue weighted by molar-refractivity contribution is 7.80. The highest BCUT2D eigenvalue weighted by Gasteiger charge is 2.11. The summed E-state index contributed by atoms with van der Waals surface area (Å²) in [5, 5.41) is 18.2. The summed E-state index contributed by atoms with van der Waals surface area (Å²) in [4.78, 5) is 2.72. The van der Waals surface area contributed by atoms with E-state index in [0.717, 1.165) is 0 Å². The lowest BCUT2D eigenvalue weighted by atomic mass is 10.0. The quantitative estimate of drug-likeness (QED) is 0.565. The molecule has 0 aliphatic heterocycles. The lowest BCUT2D eigenvalue weighted by Gasteiger charge is -2.05. The number of hydrogen-bond acceptors (Lipinski definition) is 4. The molecule has 1 heterocycles. The van der Waals surface area contributed by atoms with E-state index < -0.39 is 0 Å². The van der Waals surface area contributed by atoms with Crippen LogP contribution in [0.5, 0.6) is 0 Å². The van der Waals surface area contributed by atoms with Gasteiger partial charge in [-0.3, -0.25) is 0 Å². The van der Waals surface area contributed by atoms with Crippen molar-refractivity contribution < 1.29 is 0 Å². The first-order valence-corrected chi connectivity index (χ1v) is 4.79. The average molecular weight is 221 g/mol. The molecule has 0 radical (unpaired) electrons. The van der Waals surface area contributed by atoms with E-state index in [2.05, 4.69) is 17.6 Å². The second-order valence-corrected chi connectivity index (χ2v) is 3.46.